The number of hydrogen-bond acceptors (Lipinski definition) is 2. The molecule has 0 fully saturated rings. The molecule has 0 radical (unpaired) electrons. The van der Waals surface area contributed by atoms with Crippen LogP contribution in [0.2, 0.25) is 0 Å². The van der Waals surface area contributed by atoms with Gasteiger partial charge in [-0.05, 0) is 37.5 Å². The average Bonchev–Trinajstić information content (AvgIpc) is 2.35. The fourth-order valence-electron chi connectivity index (χ4n) is 1.80. The molecule has 1 aliphatic rings. The zero-order valence-corrected chi connectivity index (χ0v) is 10.9. The van der Waals surface area contributed by atoms with Crippen LogP contribution in [-0.2, 0) is 9.59 Å². The number of carbonyl (C=O) groups is 2. The highest BCUT2D eigenvalue weighted by molar-refractivity contribution is 5.95. The molecule has 0 aromatic carbocycles. The molecule has 1 rings (SSSR count). The summed E-state index contributed by atoms with van der Waals surface area (Å²) < 4.78 is 0. The summed E-state index contributed by atoms with van der Waals surface area (Å²) >= 11 is 0. The van der Waals surface area contributed by atoms with Gasteiger partial charge in [-0.15, -0.1) is 0 Å². The van der Waals surface area contributed by atoms with Gasteiger partial charge in [-0.3, -0.25) is 9.59 Å². The number of ketones is 2. The van der Waals surface area contributed by atoms with Crippen molar-refractivity contribution >= 4 is 11.6 Å². The van der Waals surface area contributed by atoms with Crippen LogP contribution in [0.1, 0.15) is 64.2 Å². The predicted octanol–water partition coefficient (Wildman–Crippen LogP) is 3.05. The molecule has 0 N–H and O–H groups in total. The first-order valence-corrected chi connectivity index (χ1v) is 6.82. The first-order chi connectivity index (χ1) is 8.79. The molecule has 2 heteroatoms. The van der Waals surface area contributed by atoms with Gasteiger partial charge in [-0.1, -0.05) is 24.7 Å². The zero-order valence-electron chi connectivity index (χ0n) is 10.9. The van der Waals surface area contributed by atoms with E-state index in [1.165, 1.54) is 0 Å². The maximum absolute atomic E-state index is 11.4. The third-order valence-corrected chi connectivity index (χ3v) is 2.87. The largest absolute Gasteiger partial charge is 0.285 e. The van der Waals surface area contributed by atoms with E-state index in [0.29, 0.717) is 12.8 Å². The lowest BCUT2D eigenvalue weighted by atomic mass is 10.1. The summed E-state index contributed by atoms with van der Waals surface area (Å²) in [6, 6.07) is 0. The van der Waals surface area contributed by atoms with Gasteiger partial charge < -0.3 is 0 Å². The SMILES string of the molecule is O=C1C#CCCCCCC(=O)C#CCCCCC1. The molecule has 0 unspecified atom stereocenters. The summed E-state index contributed by atoms with van der Waals surface area (Å²) in [6.45, 7) is 0. The van der Waals surface area contributed by atoms with E-state index >= 15 is 0 Å². The summed E-state index contributed by atoms with van der Waals surface area (Å²) in [5.41, 5.74) is 0. The molecule has 0 heterocycles. The third kappa shape index (κ3) is 7.69. The van der Waals surface area contributed by atoms with Crippen LogP contribution in [0, 0.1) is 23.7 Å². The highest BCUT2D eigenvalue weighted by Crippen LogP contribution is 2.05. The summed E-state index contributed by atoms with van der Waals surface area (Å²) in [5.74, 6) is 11.3. The Hall–Kier alpha value is -1.54. The molecule has 1 aliphatic carbocycles. The van der Waals surface area contributed by atoms with Gasteiger partial charge in [0, 0.05) is 25.7 Å². The summed E-state index contributed by atoms with van der Waals surface area (Å²) in [7, 11) is 0. The highest BCUT2D eigenvalue weighted by atomic mass is 16.1. The molecule has 0 saturated heterocycles. The van der Waals surface area contributed by atoms with Crippen molar-refractivity contribution in [3.8, 4) is 23.7 Å². The van der Waals surface area contributed by atoms with Crippen molar-refractivity contribution in [2.45, 2.75) is 64.2 Å². The Morgan fingerprint density at radius 3 is 1.50 bits per heavy atom. The molecule has 18 heavy (non-hydrogen) atoms. The van der Waals surface area contributed by atoms with Crippen molar-refractivity contribution in [3.05, 3.63) is 0 Å². The van der Waals surface area contributed by atoms with Gasteiger partial charge >= 0.3 is 0 Å². The summed E-state index contributed by atoms with van der Waals surface area (Å²) in [6.07, 6.45) is 8.26. The Bertz CT molecular complexity index is 358. The minimum atomic E-state index is 0.0587. The van der Waals surface area contributed by atoms with Crippen molar-refractivity contribution < 1.29 is 9.59 Å². The Morgan fingerprint density at radius 1 is 0.611 bits per heavy atom. The van der Waals surface area contributed by atoms with Crippen molar-refractivity contribution in [1.82, 2.24) is 0 Å². The highest BCUT2D eigenvalue weighted by Gasteiger charge is 1.99. The second kappa shape index (κ2) is 9.49. The lowest BCUT2D eigenvalue weighted by Crippen LogP contribution is -1.95. The Balaban J connectivity index is 2.40. The molecule has 0 bridgehead atoms. The topological polar surface area (TPSA) is 34.1 Å². The maximum Gasteiger partial charge on any atom is 0.205 e. The van der Waals surface area contributed by atoms with Crippen molar-refractivity contribution in [2.24, 2.45) is 0 Å². The standard InChI is InChI=1S/C16H20O2/c17-15-11-7-3-1-4-8-12-16(18)14-10-6-2-5-9-13-15/h1-7,10-11,14H2. The van der Waals surface area contributed by atoms with E-state index in [-0.39, 0.29) is 11.6 Å². The van der Waals surface area contributed by atoms with E-state index in [0.717, 1.165) is 51.4 Å². The minimum Gasteiger partial charge on any atom is -0.285 e. The molecule has 2 nitrogen and oxygen atoms in total. The predicted molar refractivity (Wildman–Crippen MR) is 71.7 cm³/mol. The van der Waals surface area contributed by atoms with Gasteiger partial charge in [0.15, 0.2) is 0 Å². The maximum atomic E-state index is 11.4. The normalized spacial score (nSPS) is 19.3. The van der Waals surface area contributed by atoms with Crippen LogP contribution in [-0.4, -0.2) is 11.6 Å². The summed E-state index contributed by atoms with van der Waals surface area (Å²) in [5, 5.41) is 0. The Kier molecular flexibility index (Phi) is 7.65. The third-order valence-electron chi connectivity index (χ3n) is 2.87. The van der Waals surface area contributed by atoms with Gasteiger partial charge in [0.05, 0.1) is 0 Å². The smallest absolute Gasteiger partial charge is 0.205 e. The fourth-order valence-corrected chi connectivity index (χ4v) is 1.80. The molecule has 0 aliphatic heterocycles. The monoisotopic (exact) mass is 244 g/mol. The van der Waals surface area contributed by atoms with Gasteiger partial charge in [0.25, 0.3) is 0 Å². The molecule has 0 spiro atoms. The minimum absolute atomic E-state index is 0.0587. The van der Waals surface area contributed by atoms with Gasteiger partial charge in [-0.25, -0.2) is 0 Å². The van der Waals surface area contributed by atoms with Crippen LogP contribution in [0.25, 0.3) is 0 Å². The average molecular weight is 244 g/mol. The first kappa shape index (κ1) is 14.5. The molecule has 0 saturated carbocycles. The van der Waals surface area contributed by atoms with E-state index in [1.54, 1.807) is 0 Å². The lowest BCUT2D eigenvalue weighted by Gasteiger charge is -1.96. The van der Waals surface area contributed by atoms with Crippen LogP contribution in [0.15, 0.2) is 0 Å². The van der Waals surface area contributed by atoms with Crippen LogP contribution in [0.5, 0.6) is 0 Å². The van der Waals surface area contributed by atoms with Crippen molar-refractivity contribution in [1.29, 1.82) is 0 Å². The molecule has 0 atom stereocenters. The molecule has 96 valence electrons. The molecular weight excluding hydrogens is 224 g/mol. The lowest BCUT2D eigenvalue weighted by molar-refractivity contribution is -0.114. The number of carbonyl (C=O) groups excluding carboxylic acids is 2. The second-order valence-corrected chi connectivity index (χ2v) is 4.57. The van der Waals surface area contributed by atoms with Crippen LogP contribution >= 0.6 is 0 Å². The number of hydrogen-bond donors (Lipinski definition) is 0. The van der Waals surface area contributed by atoms with Gasteiger partial charge in [0.2, 0.25) is 11.6 Å². The number of Topliss-reactive ketones (excluding diaryl/α,β-unsaturated/α-hetero) is 2. The quantitative estimate of drug-likeness (QED) is 0.485. The number of rotatable bonds is 0. The van der Waals surface area contributed by atoms with E-state index in [1.807, 2.05) is 0 Å². The molecular formula is C16H20O2. The van der Waals surface area contributed by atoms with Crippen LogP contribution < -0.4 is 0 Å². The van der Waals surface area contributed by atoms with E-state index in [4.69, 9.17) is 0 Å². The van der Waals surface area contributed by atoms with Crippen molar-refractivity contribution in [2.75, 3.05) is 0 Å². The Morgan fingerprint density at radius 2 is 1.06 bits per heavy atom. The molecule has 0 aromatic rings. The van der Waals surface area contributed by atoms with Crippen molar-refractivity contribution in [3.63, 3.8) is 0 Å². The van der Waals surface area contributed by atoms with Crippen LogP contribution in [0.4, 0.5) is 0 Å². The molecule has 0 aromatic heterocycles. The molecule has 0 amide bonds. The second-order valence-electron chi connectivity index (χ2n) is 4.57. The van der Waals surface area contributed by atoms with E-state index in [2.05, 4.69) is 23.7 Å². The van der Waals surface area contributed by atoms with Crippen LogP contribution in [0.3, 0.4) is 0 Å². The zero-order chi connectivity index (χ0) is 13.1. The van der Waals surface area contributed by atoms with Gasteiger partial charge in [0.1, 0.15) is 0 Å². The van der Waals surface area contributed by atoms with E-state index < -0.39 is 0 Å². The summed E-state index contributed by atoms with van der Waals surface area (Å²) in [4.78, 5) is 22.7. The first-order valence-electron chi connectivity index (χ1n) is 6.82. The van der Waals surface area contributed by atoms with Gasteiger partial charge in [-0.2, -0.15) is 0 Å². The Labute approximate surface area is 110 Å². The fraction of sp³-hybridized carbons (Fsp3) is 0.625. The van der Waals surface area contributed by atoms with E-state index in [9.17, 15) is 9.59 Å².